The lowest BCUT2D eigenvalue weighted by Crippen LogP contribution is -2.42. The average molecular weight is 561 g/mol. The van der Waals surface area contributed by atoms with Crippen LogP contribution in [-0.4, -0.2) is 36.3 Å². The van der Waals surface area contributed by atoms with E-state index in [2.05, 4.69) is 11.2 Å². The predicted molar refractivity (Wildman–Crippen MR) is 138 cm³/mol. The molecule has 3 aromatic carbocycles. The van der Waals surface area contributed by atoms with Crippen LogP contribution in [0.2, 0.25) is 0 Å². The van der Waals surface area contributed by atoms with Crippen molar-refractivity contribution in [2.75, 3.05) is 13.6 Å². The highest BCUT2D eigenvalue weighted by molar-refractivity contribution is 5.95. The Labute approximate surface area is 228 Å². The highest BCUT2D eigenvalue weighted by atomic mass is 19.4. The summed E-state index contributed by atoms with van der Waals surface area (Å²) < 4.78 is 80.9. The summed E-state index contributed by atoms with van der Waals surface area (Å²) in [6.07, 6.45) is -5.09. The fraction of sp³-hybridized carbons (Fsp3) is 0.267. The van der Waals surface area contributed by atoms with Crippen LogP contribution in [0.1, 0.15) is 51.4 Å². The van der Waals surface area contributed by atoms with Crippen molar-refractivity contribution < 1.29 is 35.9 Å². The molecule has 40 heavy (non-hydrogen) atoms. The molecule has 3 aromatic rings. The number of terminal acetylenes is 1. The van der Waals surface area contributed by atoms with Gasteiger partial charge in [-0.3, -0.25) is 9.59 Å². The lowest BCUT2D eigenvalue weighted by Gasteiger charge is -2.36. The molecule has 0 aliphatic rings. The smallest absolute Gasteiger partial charge is 0.345 e. The van der Waals surface area contributed by atoms with Gasteiger partial charge in [-0.1, -0.05) is 66.6 Å². The molecule has 0 bridgehead atoms. The molecule has 0 fully saturated rings. The van der Waals surface area contributed by atoms with Crippen molar-refractivity contribution in [1.29, 1.82) is 0 Å². The van der Waals surface area contributed by atoms with E-state index in [9.17, 15) is 35.9 Å². The van der Waals surface area contributed by atoms with E-state index in [0.717, 1.165) is 16.0 Å². The molecular weight excluding hydrogens is 534 g/mol. The van der Waals surface area contributed by atoms with Crippen LogP contribution in [0.4, 0.5) is 26.3 Å². The first-order chi connectivity index (χ1) is 18.8. The molecule has 0 aliphatic heterocycles. The minimum Gasteiger partial charge on any atom is -0.345 e. The number of likely N-dealkylation sites (N-methyl/N-ethyl adjacent to an activating group) is 1. The molecule has 0 saturated heterocycles. The summed E-state index contributed by atoms with van der Waals surface area (Å²) in [5, 5.41) is 2.53. The first-order valence-corrected chi connectivity index (χ1v) is 12.2. The summed E-state index contributed by atoms with van der Waals surface area (Å²) in [5.41, 5.74) is -2.48. The number of carbonyl (C=O) groups excluding carboxylic acids is 2. The van der Waals surface area contributed by atoms with Crippen molar-refractivity contribution in [2.45, 2.75) is 37.2 Å². The van der Waals surface area contributed by atoms with Crippen LogP contribution in [0.25, 0.3) is 0 Å². The van der Waals surface area contributed by atoms with Gasteiger partial charge in [-0.2, -0.15) is 26.3 Å². The number of nitrogens with one attached hydrogen (secondary N) is 1. The number of amides is 2. The maximum Gasteiger partial charge on any atom is 0.416 e. The highest BCUT2D eigenvalue weighted by Gasteiger charge is 2.39. The molecule has 2 amide bonds. The topological polar surface area (TPSA) is 49.4 Å². The second-order valence-corrected chi connectivity index (χ2v) is 9.10. The maximum absolute atomic E-state index is 13.6. The van der Waals surface area contributed by atoms with Gasteiger partial charge in [0.2, 0.25) is 5.91 Å². The van der Waals surface area contributed by atoms with Gasteiger partial charge in [-0.05, 0) is 35.7 Å². The van der Waals surface area contributed by atoms with Crippen molar-refractivity contribution in [2.24, 2.45) is 0 Å². The Hall–Kier alpha value is -4.26. The fourth-order valence-electron chi connectivity index (χ4n) is 4.49. The van der Waals surface area contributed by atoms with Crippen LogP contribution in [0.3, 0.4) is 0 Å². The van der Waals surface area contributed by atoms with Crippen molar-refractivity contribution in [3.05, 3.63) is 107 Å². The van der Waals surface area contributed by atoms with E-state index in [1.165, 1.54) is 7.05 Å². The van der Waals surface area contributed by atoms with Crippen LogP contribution in [0.5, 0.6) is 0 Å². The SMILES string of the molecule is C#CCNC(=O)CCC(C(c1ccccc1)c1ccccc1)N(C)C(=O)c1cc(C(F)(F)F)cc(C(F)(F)F)c1. The summed E-state index contributed by atoms with van der Waals surface area (Å²) in [5.74, 6) is 0.245. The number of halogens is 6. The number of nitrogens with zero attached hydrogens (tertiary/aromatic N) is 1. The van der Waals surface area contributed by atoms with E-state index in [0.29, 0.717) is 12.1 Å². The van der Waals surface area contributed by atoms with Gasteiger partial charge >= 0.3 is 12.4 Å². The number of benzene rings is 3. The number of alkyl halides is 6. The quantitative estimate of drug-likeness (QED) is 0.239. The number of hydrogen-bond acceptors (Lipinski definition) is 2. The van der Waals surface area contributed by atoms with E-state index in [1.807, 2.05) is 0 Å². The Balaban J connectivity index is 2.11. The van der Waals surface area contributed by atoms with E-state index in [1.54, 1.807) is 60.7 Å². The second-order valence-electron chi connectivity index (χ2n) is 9.10. The third-order valence-electron chi connectivity index (χ3n) is 6.41. The minimum absolute atomic E-state index is 0.0243. The monoisotopic (exact) mass is 560 g/mol. The molecule has 0 heterocycles. The van der Waals surface area contributed by atoms with Crippen molar-refractivity contribution >= 4 is 11.8 Å². The van der Waals surface area contributed by atoms with E-state index >= 15 is 0 Å². The van der Waals surface area contributed by atoms with Gasteiger partial charge < -0.3 is 10.2 Å². The van der Waals surface area contributed by atoms with E-state index in [-0.39, 0.29) is 25.5 Å². The first kappa shape index (κ1) is 30.3. The third kappa shape index (κ3) is 7.65. The van der Waals surface area contributed by atoms with Crippen LogP contribution in [0.15, 0.2) is 78.9 Å². The van der Waals surface area contributed by atoms with Crippen LogP contribution >= 0.6 is 0 Å². The molecule has 0 radical (unpaired) electrons. The van der Waals surface area contributed by atoms with Gasteiger partial charge in [0, 0.05) is 31.0 Å². The highest BCUT2D eigenvalue weighted by Crippen LogP contribution is 2.38. The molecular formula is C30H26F6N2O2. The van der Waals surface area contributed by atoms with Crippen LogP contribution in [-0.2, 0) is 17.1 Å². The molecule has 10 heteroatoms. The van der Waals surface area contributed by atoms with Gasteiger partial charge in [0.1, 0.15) is 0 Å². The van der Waals surface area contributed by atoms with Gasteiger partial charge in [0.05, 0.1) is 17.7 Å². The standard InChI is InChI=1S/C30H26F6N2O2/c1-3-16-37-26(39)15-14-25(27(20-10-6-4-7-11-20)21-12-8-5-9-13-21)38(2)28(40)22-17-23(29(31,32)33)19-24(18-22)30(34,35)36/h1,4-13,17-19,25,27H,14-16H2,2H3,(H,37,39). The lowest BCUT2D eigenvalue weighted by molar-refractivity contribution is -0.143. The molecule has 210 valence electrons. The first-order valence-electron chi connectivity index (χ1n) is 12.2. The molecule has 3 rings (SSSR count). The molecule has 0 saturated carbocycles. The molecule has 0 spiro atoms. The fourth-order valence-corrected chi connectivity index (χ4v) is 4.49. The molecule has 4 nitrogen and oxygen atoms in total. The number of hydrogen-bond donors (Lipinski definition) is 1. The Morgan fingerprint density at radius 3 is 1.75 bits per heavy atom. The average Bonchev–Trinajstić information content (AvgIpc) is 2.93. The third-order valence-corrected chi connectivity index (χ3v) is 6.41. The minimum atomic E-state index is -5.11. The largest absolute Gasteiger partial charge is 0.416 e. The Kier molecular flexibility index (Phi) is 9.64. The number of rotatable bonds is 9. The van der Waals surface area contributed by atoms with Crippen LogP contribution in [0, 0.1) is 12.3 Å². The molecule has 1 atom stereocenters. The van der Waals surface area contributed by atoms with Gasteiger partial charge in [0.15, 0.2) is 0 Å². The Bertz CT molecular complexity index is 1280. The molecule has 1 unspecified atom stereocenters. The zero-order valence-corrected chi connectivity index (χ0v) is 21.4. The second kappa shape index (κ2) is 12.7. The summed E-state index contributed by atoms with van der Waals surface area (Å²) >= 11 is 0. The summed E-state index contributed by atoms with van der Waals surface area (Å²) in [7, 11) is 1.30. The zero-order valence-electron chi connectivity index (χ0n) is 21.4. The summed E-state index contributed by atoms with van der Waals surface area (Å²) in [4.78, 5) is 27.1. The van der Waals surface area contributed by atoms with Crippen molar-refractivity contribution in [3.63, 3.8) is 0 Å². The number of carbonyl (C=O) groups is 2. The maximum atomic E-state index is 13.6. The van der Waals surface area contributed by atoms with Gasteiger partial charge in [0.25, 0.3) is 5.91 Å². The van der Waals surface area contributed by atoms with E-state index in [4.69, 9.17) is 6.42 Å². The van der Waals surface area contributed by atoms with Gasteiger partial charge in [-0.25, -0.2) is 0 Å². The van der Waals surface area contributed by atoms with Crippen molar-refractivity contribution in [1.82, 2.24) is 10.2 Å². The molecule has 0 aliphatic carbocycles. The summed E-state index contributed by atoms with van der Waals surface area (Å²) in [6.45, 7) is -0.0243. The summed E-state index contributed by atoms with van der Waals surface area (Å²) in [6, 6.07) is 17.8. The Morgan fingerprint density at radius 2 is 1.32 bits per heavy atom. The van der Waals surface area contributed by atoms with Crippen molar-refractivity contribution in [3.8, 4) is 12.3 Å². The normalized spacial score (nSPS) is 12.5. The Morgan fingerprint density at radius 1 is 0.850 bits per heavy atom. The predicted octanol–water partition coefficient (Wildman–Crippen LogP) is 6.53. The molecule has 0 aromatic heterocycles. The van der Waals surface area contributed by atoms with E-state index < -0.39 is 52.8 Å². The lowest BCUT2D eigenvalue weighted by atomic mass is 9.82. The zero-order chi connectivity index (χ0) is 29.5. The van der Waals surface area contributed by atoms with Crippen LogP contribution < -0.4 is 5.32 Å². The molecule has 1 N–H and O–H groups in total. The van der Waals surface area contributed by atoms with Gasteiger partial charge in [-0.15, -0.1) is 6.42 Å².